The van der Waals surface area contributed by atoms with Crippen LogP contribution in [0, 0.1) is 5.92 Å². The Kier molecular flexibility index (Phi) is 3.73. The van der Waals surface area contributed by atoms with E-state index in [0.717, 1.165) is 29.7 Å². The second-order valence-corrected chi connectivity index (χ2v) is 7.18. The molecule has 1 aliphatic rings. The average molecular weight is 292 g/mol. The van der Waals surface area contributed by atoms with Gasteiger partial charge in [0.1, 0.15) is 0 Å². The first-order chi connectivity index (χ1) is 9.56. The van der Waals surface area contributed by atoms with Crippen molar-refractivity contribution in [3.8, 4) is 0 Å². The summed E-state index contributed by atoms with van der Waals surface area (Å²) in [7, 11) is 0. The van der Waals surface area contributed by atoms with Gasteiger partial charge in [-0.3, -0.25) is 4.40 Å². The summed E-state index contributed by atoms with van der Waals surface area (Å²) in [6.45, 7) is 7.83. The summed E-state index contributed by atoms with van der Waals surface area (Å²) in [5.41, 5.74) is 7.32. The van der Waals surface area contributed by atoms with Crippen molar-refractivity contribution >= 4 is 22.1 Å². The van der Waals surface area contributed by atoms with Crippen molar-refractivity contribution in [3.63, 3.8) is 0 Å². The van der Waals surface area contributed by atoms with E-state index in [1.807, 2.05) is 0 Å². The fraction of sp³-hybridized carbons (Fsp3) is 0.667. The van der Waals surface area contributed by atoms with Gasteiger partial charge < -0.3 is 10.6 Å². The standard InChI is InChI=1S/C15H24N4S/c1-10-4-5-12(3)19(9-10)14-13(8-11(2)16)18-6-7-20-15(18)17-14/h6-7,10-12H,4-5,8-9,16H2,1-3H3. The monoisotopic (exact) mass is 292 g/mol. The van der Waals surface area contributed by atoms with Crippen molar-refractivity contribution in [2.75, 3.05) is 11.4 Å². The van der Waals surface area contributed by atoms with Gasteiger partial charge in [-0.1, -0.05) is 6.92 Å². The molecule has 2 aromatic rings. The molecule has 2 N–H and O–H groups in total. The highest BCUT2D eigenvalue weighted by Gasteiger charge is 2.28. The Balaban J connectivity index is 2.02. The Morgan fingerprint density at radius 2 is 2.25 bits per heavy atom. The molecular formula is C15H24N4S. The number of hydrogen-bond donors (Lipinski definition) is 1. The molecule has 0 bridgehead atoms. The van der Waals surface area contributed by atoms with Crippen LogP contribution in [-0.4, -0.2) is 28.0 Å². The molecule has 0 amide bonds. The number of nitrogens with two attached hydrogens (primary N) is 1. The molecule has 3 unspecified atom stereocenters. The first kappa shape index (κ1) is 13.9. The van der Waals surface area contributed by atoms with Crippen LogP contribution in [-0.2, 0) is 6.42 Å². The highest BCUT2D eigenvalue weighted by molar-refractivity contribution is 7.15. The Morgan fingerprint density at radius 3 is 3.00 bits per heavy atom. The molecule has 1 saturated heterocycles. The number of anilines is 1. The van der Waals surface area contributed by atoms with Crippen LogP contribution in [0.25, 0.3) is 4.96 Å². The maximum Gasteiger partial charge on any atom is 0.195 e. The van der Waals surface area contributed by atoms with E-state index in [0.29, 0.717) is 6.04 Å². The zero-order chi connectivity index (χ0) is 14.3. The van der Waals surface area contributed by atoms with Crippen LogP contribution in [0.1, 0.15) is 39.3 Å². The van der Waals surface area contributed by atoms with Gasteiger partial charge in [-0.15, -0.1) is 11.3 Å². The van der Waals surface area contributed by atoms with Crippen LogP contribution >= 0.6 is 11.3 Å². The van der Waals surface area contributed by atoms with Crippen LogP contribution < -0.4 is 10.6 Å². The van der Waals surface area contributed by atoms with Crippen LogP contribution in [0.3, 0.4) is 0 Å². The highest BCUT2D eigenvalue weighted by Crippen LogP contribution is 2.31. The van der Waals surface area contributed by atoms with Gasteiger partial charge in [0, 0.05) is 36.6 Å². The van der Waals surface area contributed by atoms with E-state index in [1.54, 1.807) is 11.3 Å². The fourth-order valence-corrected chi connectivity index (χ4v) is 3.86. The molecule has 4 nitrogen and oxygen atoms in total. The van der Waals surface area contributed by atoms with Crippen molar-refractivity contribution in [1.82, 2.24) is 9.38 Å². The molecule has 20 heavy (non-hydrogen) atoms. The van der Waals surface area contributed by atoms with Gasteiger partial charge in [0.05, 0.1) is 5.69 Å². The third-order valence-corrected chi connectivity index (χ3v) is 5.00. The fourth-order valence-electron chi connectivity index (χ4n) is 3.13. The lowest BCUT2D eigenvalue weighted by Crippen LogP contribution is -2.42. The topological polar surface area (TPSA) is 46.6 Å². The Labute approximate surface area is 124 Å². The number of rotatable bonds is 3. The second-order valence-electron chi connectivity index (χ2n) is 6.30. The van der Waals surface area contributed by atoms with Gasteiger partial charge >= 0.3 is 0 Å². The van der Waals surface area contributed by atoms with Crippen LogP contribution in [0.5, 0.6) is 0 Å². The molecule has 0 radical (unpaired) electrons. The normalized spacial score (nSPS) is 25.3. The van der Waals surface area contributed by atoms with Crippen molar-refractivity contribution < 1.29 is 0 Å². The van der Waals surface area contributed by atoms with E-state index in [-0.39, 0.29) is 6.04 Å². The smallest absolute Gasteiger partial charge is 0.195 e. The Morgan fingerprint density at radius 1 is 1.45 bits per heavy atom. The SMILES string of the molecule is CC(N)Cc1c(N2CC(C)CCC2C)nc2sccn12. The summed E-state index contributed by atoms with van der Waals surface area (Å²) in [4.78, 5) is 8.46. The molecular weight excluding hydrogens is 268 g/mol. The third kappa shape index (κ3) is 2.44. The van der Waals surface area contributed by atoms with Crippen molar-refractivity contribution in [1.29, 1.82) is 0 Å². The molecule has 0 aliphatic carbocycles. The molecule has 3 atom stereocenters. The summed E-state index contributed by atoms with van der Waals surface area (Å²) in [6.07, 6.45) is 5.57. The number of nitrogens with zero attached hydrogens (tertiary/aromatic N) is 3. The summed E-state index contributed by atoms with van der Waals surface area (Å²) in [6, 6.07) is 0.730. The minimum Gasteiger partial charge on any atom is -0.352 e. The van der Waals surface area contributed by atoms with Gasteiger partial charge in [-0.2, -0.15) is 0 Å². The molecule has 0 aromatic carbocycles. The van der Waals surface area contributed by atoms with Gasteiger partial charge in [0.2, 0.25) is 0 Å². The van der Waals surface area contributed by atoms with Gasteiger partial charge in [-0.25, -0.2) is 4.98 Å². The maximum atomic E-state index is 6.05. The molecule has 1 fully saturated rings. The lowest BCUT2D eigenvalue weighted by Gasteiger charge is -2.37. The number of fused-ring (bicyclic) bond motifs is 1. The number of aromatic nitrogens is 2. The molecule has 3 heterocycles. The zero-order valence-corrected chi connectivity index (χ0v) is 13.4. The lowest BCUT2D eigenvalue weighted by molar-refractivity contribution is 0.387. The van der Waals surface area contributed by atoms with Crippen LogP contribution in [0.15, 0.2) is 11.6 Å². The molecule has 5 heteroatoms. The number of piperidine rings is 1. The van der Waals surface area contributed by atoms with Crippen LogP contribution in [0.4, 0.5) is 5.82 Å². The first-order valence-electron chi connectivity index (χ1n) is 7.53. The number of imidazole rings is 1. The zero-order valence-electron chi connectivity index (χ0n) is 12.5. The number of hydrogen-bond acceptors (Lipinski definition) is 4. The quantitative estimate of drug-likeness (QED) is 0.946. The average Bonchev–Trinajstić information content (AvgIpc) is 2.95. The maximum absolute atomic E-state index is 6.05. The predicted molar refractivity (Wildman–Crippen MR) is 85.6 cm³/mol. The van der Waals surface area contributed by atoms with E-state index in [9.17, 15) is 0 Å². The molecule has 1 aliphatic heterocycles. The molecule has 3 rings (SSSR count). The van der Waals surface area contributed by atoms with Crippen molar-refractivity contribution in [2.24, 2.45) is 11.7 Å². The summed E-state index contributed by atoms with van der Waals surface area (Å²) < 4.78 is 2.22. The molecule has 2 aromatic heterocycles. The molecule has 0 spiro atoms. The second kappa shape index (κ2) is 5.37. The van der Waals surface area contributed by atoms with Crippen molar-refractivity contribution in [2.45, 2.75) is 52.1 Å². The Bertz CT molecular complexity index is 586. The minimum absolute atomic E-state index is 0.158. The van der Waals surface area contributed by atoms with E-state index >= 15 is 0 Å². The highest BCUT2D eigenvalue weighted by atomic mass is 32.1. The van der Waals surface area contributed by atoms with E-state index < -0.39 is 0 Å². The van der Waals surface area contributed by atoms with Gasteiger partial charge in [0.25, 0.3) is 0 Å². The van der Waals surface area contributed by atoms with E-state index in [1.165, 1.54) is 18.5 Å². The van der Waals surface area contributed by atoms with E-state index in [4.69, 9.17) is 10.7 Å². The number of thiazole rings is 1. The predicted octanol–water partition coefficient (Wildman–Crippen LogP) is 2.91. The summed E-state index contributed by atoms with van der Waals surface area (Å²) in [5, 5.41) is 2.10. The lowest BCUT2D eigenvalue weighted by atomic mass is 9.95. The largest absolute Gasteiger partial charge is 0.352 e. The van der Waals surface area contributed by atoms with Gasteiger partial charge in [0.15, 0.2) is 10.8 Å². The van der Waals surface area contributed by atoms with Crippen molar-refractivity contribution in [3.05, 3.63) is 17.3 Å². The van der Waals surface area contributed by atoms with E-state index in [2.05, 4.69) is 41.6 Å². The Hall–Kier alpha value is -1.07. The summed E-state index contributed by atoms with van der Waals surface area (Å²) >= 11 is 1.70. The first-order valence-corrected chi connectivity index (χ1v) is 8.41. The third-order valence-electron chi connectivity index (χ3n) is 4.24. The van der Waals surface area contributed by atoms with Crippen LogP contribution in [0.2, 0.25) is 0 Å². The summed E-state index contributed by atoms with van der Waals surface area (Å²) in [5.74, 6) is 1.90. The minimum atomic E-state index is 0.158. The van der Waals surface area contributed by atoms with Gasteiger partial charge in [-0.05, 0) is 32.6 Å². The molecule has 0 saturated carbocycles. The molecule has 110 valence electrons.